The second-order valence-electron chi connectivity index (χ2n) is 9.34. The van der Waals surface area contributed by atoms with E-state index in [1.807, 2.05) is 24.3 Å². The van der Waals surface area contributed by atoms with Crippen molar-refractivity contribution in [3.8, 4) is 5.75 Å². The number of hydrogen-bond acceptors (Lipinski definition) is 5. The molecule has 0 saturated carbocycles. The van der Waals surface area contributed by atoms with Gasteiger partial charge in [0.2, 0.25) is 11.8 Å². The van der Waals surface area contributed by atoms with Crippen LogP contribution < -0.4 is 10.1 Å². The van der Waals surface area contributed by atoms with Crippen molar-refractivity contribution in [2.24, 2.45) is 16.9 Å². The Kier molecular flexibility index (Phi) is 7.49. The minimum Gasteiger partial charge on any atom is -0.496 e. The first kappa shape index (κ1) is 24.6. The second kappa shape index (κ2) is 11.3. The van der Waals surface area contributed by atoms with Crippen LogP contribution in [0.25, 0.3) is 6.08 Å². The molecule has 7 heteroatoms. The highest BCUT2D eigenvalue weighted by atomic mass is 16.5. The molecule has 5 rings (SSSR count). The van der Waals surface area contributed by atoms with E-state index < -0.39 is 0 Å². The largest absolute Gasteiger partial charge is 0.496 e. The summed E-state index contributed by atoms with van der Waals surface area (Å²) < 4.78 is 10.8. The van der Waals surface area contributed by atoms with E-state index in [0.717, 1.165) is 36.1 Å². The summed E-state index contributed by atoms with van der Waals surface area (Å²) in [6.45, 7) is 0.314. The molecule has 0 spiro atoms. The fourth-order valence-corrected chi connectivity index (χ4v) is 5.01. The Morgan fingerprint density at radius 3 is 2.65 bits per heavy atom. The molecule has 0 fully saturated rings. The van der Waals surface area contributed by atoms with Crippen molar-refractivity contribution >= 4 is 23.6 Å². The van der Waals surface area contributed by atoms with Crippen LogP contribution >= 0.6 is 0 Å². The second-order valence-corrected chi connectivity index (χ2v) is 9.34. The molecule has 1 N–H and O–H groups in total. The fourth-order valence-electron chi connectivity index (χ4n) is 5.01. The van der Waals surface area contributed by atoms with Crippen molar-refractivity contribution in [1.29, 1.82) is 0 Å². The Hall–Kier alpha value is -4.13. The van der Waals surface area contributed by atoms with Crippen LogP contribution in [-0.4, -0.2) is 35.7 Å². The number of allylic oxidation sites excluding steroid dienone is 4. The lowest BCUT2D eigenvalue weighted by atomic mass is 9.76. The van der Waals surface area contributed by atoms with Gasteiger partial charge in [0.25, 0.3) is 0 Å². The first-order valence-corrected chi connectivity index (χ1v) is 12.7. The number of carbonyl (C=O) groups is 2. The lowest BCUT2D eigenvalue weighted by Gasteiger charge is -2.38. The number of rotatable bonds is 7. The molecule has 37 heavy (non-hydrogen) atoms. The van der Waals surface area contributed by atoms with Crippen LogP contribution in [0.3, 0.4) is 0 Å². The van der Waals surface area contributed by atoms with Gasteiger partial charge in [-0.2, -0.15) is 5.10 Å². The summed E-state index contributed by atoms with van der Waals surface area (Å²) in [5.41, 5.74) is 2.57. The van der Waals surface area contributed by atoms with Crippen LogP contribution in [0.2, 0.25) is 0 Å². The summed E-state index contributed by atoms with van der Waals surface area (Å²) in [6, 6.07) is 9.25. The van der Waals surface area contributed by atoms with Gasteiger partial charge < -0.3 is 14.5 Å². The maximum Gasteiger partial charge on any atom is 0.247 e. The summed E-state index contributed by atoms with van der Waals surface area (Å²) in [7, 11) is 1.61. The number of amides is 2. The van der Waals surface area contributed by atoms with Gasteiger partial charge in [0, 0.05) is 17.6 Å². The number of methoxy groups -OCH3 is 1. The molecule has 0 unspecified atom stereocenters. The Bertz CT molecular complexity index is 1270. The Labute approximate surface area is 216 Å². The number of furan rings is 1. The zero-order chi connectivity index (χ0) is 25.6. The number of benzene rings is 1. The molecule has 1 aromatic heterocycles. The van der Waals surface area contributed by atoms with Gasteiger partial charge in [-0.25, -0.2) is 5.01 Å². The van der Waals surface area contributed by atoms with Crippen molar-refractivity contribution < 1.29 is 18.7 Å². The lowest BCUT2D eigenvalue weighted by molar-refractivity contribution is -0.138. The molecule has 0 radical (unpaired) electrons. The smallest absolute Gasteiger partial charge is 0.247 e. The summed E-state index contributed by atoms with van der Waals surface area (Å²) in [5, 5.41) is 9.40. The van der Waals surface area contributed by atoms with E-state index >= 15 is 0 Å². The zero-order valence-corrected chi connectivity index (χ0v) is 20.9. The third kappa shape index (κ3) is 5.50. The summed E-state index contributed by atoms with van der Waals surface area (Å²) in [5.74, 6) is 1.04. The van der Waals surface area contributed by atoms with Gasteiger partial charge in [0.1, 0.15) is 11.5 Å². The van der Waals surface area contributed by atoms with Gasteiger partial charge >= 0.3 is 0 Å². The minimum absolute atomic E-state index is 0.00862. The van der Waals surface area contributed by atoms with E-state index in [4.69, 9.17) is 14.3 Å². The van der Waals surface area contributed by atoms with Crippen LogP contribution in [0, 0.1) is 11.8 Å². The number of nitrogens with zero attached hydrogens (tertiary/aromatic N) is 2. The van der Waals surface area contributed by atoms with Crippen LogP contribution in [0.15, 0.2) is 88.6 Å². The maximum absolute atomic E-state index is 13.5. The molecular formula is C30H31N3O4. The van der Waals surface area contributed by atoms with Gasteiger partial charge in [-0.1, -0.05) is 36.5 Å². The number of carbonyl (C=O) groups excluding carboxylic acids is 2. The summed E-state index contributed by atoms with van der Waals surface area (Å²) >= 11 is 0. The van der Waals surface area contributed by atoms with Gasteiger partial charge in [0.15, 0.2) is 0 Å². The average molecular weight is 498 g/mol. The molecule has 1 aliphatic heterocycles. The van der Waals surface area contributed by atoms with Crippen molar-refractivity contribution in [3.63, 3.8) is 0 Å². The number of ether oxygens (including phenoxy) is 1. The van der Waals surface area contributed by atoms with Gasteiger partial charge in [-0.15, -0.1) is 0 Å². The average Bonchev–Trinajstić information content (AvgIpc) is 3.32. The highest BCUT2D eigenvalue weighted by Gasteiger charge is 2.41. The first-order valence-electron chi connectivity index (χ1n) is 12.7. The van der Waals surface area contributed by atoms with Crippen LogP contribution in [0.5, 0.6) is 5.75 Å². The van der Waals surface area contributed by atoms with Crippen molar-refractivity contribution in [2.75, 3.05) is 7.11 Å². The standard InChI is InChI=1S/C30H31N3O4/c1-36-27-16-14-22(19-21(27)15-17-28(34)31-20-24-11-8-18-37-24)29-25-12-6-7-13-26(25)30(35)33(32-29)23-9-4-2-3-5-10-23/h4-11,14-19,23,25-26H,2-3,12-13,20H2,1H3,(H,31,34)/t25-,26+/m0/s1. The molecule has 190 valence electrons. The predicted molar refractivity (Wildman–Crippen MR) is 143 cm³/mol. The fraction of sp³-hybridized carbons (Fsp3) is 0.300. The van der Waals surface area contributed by atoms with Crippen LogP contribution in [0.1, 0.15) is 42.6 Å². The van der Waals surface area contributed by atoms with E-state index in [0.29, 0.717) is 24.5 Å². The van der Waals surface area contributed by atoms with Crippen molar-refractivity contribution in [1.82, 2.24) is 10.3 Å². The Morgan fingerprint density at radius 1 is 1.14 bits per heavy atom. The number of fused-ring (bicyclic) bond motifs is 1. The predicted octanol–water partition coefficient (Wildman–Crippen LogP) is 5.02. The molecule has 2 heterocycles. The SMILES string of the molecule is COc1ccc(C2=NN(C3C=CCCC=C3)C(=O)[C@@H]3CC=CC[C@H]23)cc1C=CC(=O)NCc1ccco1. The summed E-state index contributed by atoms with van der Waals surface area (Å²) in [4.78, 5) is 25.9. The highest BCUT2D eigenvalue weighted by molar-refractivity contribution is 6.07. The molecule has 0 bridgehead atoms. The van der Waals surface area contributed by atoms with Crippen LogP contribution in [0.4, 0.5) is 0 Å². The monoisotopic (exact) mass is 497 g/mol. The Morgan fingerprint density at radius 2 is 1.92 bits per heavy atom. The van der Waals surface area contributed by atoms with Crippen LogP contribution in [-0.2, 0) is 16.1 Å². The number of nitrogens with one attached hydrogen (secondary N) is 1. The topological polar surface area (TPSA) is 84.1 Å². The number of hydrogen-bond donors (Lipinski definition) is 1. The lowest BCUT2D eigenvalue weighted by Crippen LogP contribution is -2.48. The van der Waals surface area contributed by atoms with E-state index in [1.54, 1.807) is 30.5 Å². The molecule has 1 aromatic carbocycles. The molecule has 0 saturated heterocycles. The van der Waals surface area contributed by atoms with E-state index in [-0.39, 0.29) is 29.7 Å². The molecule has 2 amide bonds. The molecular weight excluding hydrogens is 466 g/mol. The normalized spacial score (nSPS) is 21.6. The van der Waals surface area contributed by atoms with E-state index in [2.05, 4.69) is 41.8 Å². The van der Waals surface area contributed by atoms with Crippen molar-refractivity contribution in [3.05, 3.63) is 96.0 Å². The highest BCUT2D eigenvalue weighted by Crippen LogP contribution is 2.36. The molecule has 2 atom stereocenters. The quantitative estimate of drug-likeness (QED) is 0.430. The first-order chi connectivity index (χ1) is 18.1. The van der Waals surface area contributed by atoms with Gasteiger partial charge in [0.05, 0.1) is 37.6 Å². The van der Waals surface area contributed by atoms with E-state index in [9.17, 15) is 9.59 Å². The zero-order valence-electron chi connectivity index (χ0n) is 20.9. The third-order valence-corrected chi connectivity index (χ3v) is 6.95. The molecule has 3 aliphatic rings. The third-order valence-electron chi connectivity index (χ3n) is 6.95. The maximum atomic E-state index is 13.5. The Balaban J connectivity index is 1.45. The minimum atomic E-state index is -0.236. The van der Waals surface area contributed by atoms with Gasteiger partial charge in [-0.3, -0.25) is 9.59 Å². The molecule has 7 nitrogen and oxygen atoms in total. The van der Waals surface area contributed by atoms with Crippen molar-refractivity contribution in [2.45, 2.75) is 38.3 Å². The van der Waals surface area contributed by atoms with E-state index in [1.165, 1.54) is 6.08 Å². The number of hydrazone groups is 1. The van der Waals surface area contributed by atoms with Gasteiger partial charge in [-0.05, 0) is 67.7 Å². The summed E-state index contributed by atoms with van der Waals surface area (Å²) in [6.07, 6.45) is 20.8. The molecule has 2 aromatic rings. The molecule has 2 aliphatic carbocycles.